The van der Waals surface area contributed by atoms with E-state index in [2.05, 4.69) is 9.97 Å². The van der Waals surface area contributed by atoms with Crippen LogP contribution in [-0.4, -0.2) is 73.4 Å². The number of amides is 1. The first-order valence-corrected chi connectivity index (χ1v) is 11.6. The summed E-state index contributed by atoms with van der Waals surface area (Å²) in [6, 6.07) is 6.86. The highest BCUT2D eigenvalue weighted by molar-refractivity contribution is 5.87. The maximum Gasteiger partial charge on any atom is 0.416 e. The van der Waals surface area contributed by atoms with E-state index in [9.17, 15) is 28.2 Å². The monoisotopic (exact) mass is 506 g/mol. The summed E-state index contributed by atoms with van der Waals surface area (Å²) in [5.74, 6) is 0.120. The summed E-state index contributed by atoms with van der Waals surface area (Å²) >= 11 is 0. The fraction of sp³-hybridized carbons (Fsp3) is 0.458. The number of halogens is 3. The molecule has 2 aromatic heterocycles. The molecule has 9 nitrogen and oxygen atoms in total. The first-order chi connectivity index (χ1) is 17.0. The molecule has 0 spiro atoms. The van der Waals surface area contributed by atoms with Crippen molar-refractivity contribution in [1.29, 1.82) is 0 Å². The lowest BCUT2D eigenvalue weighted by Crippen LogP contribution is -2.58. The van der Waals surface area contributed by atoms with Crippen LogP contribution in [0.5, 0.6) is 0 Å². The van der Waals surface area contributed by atoms with Gasteiger partial charge in [0.1, 0.15) is 23.4 Å². The number of hydrogen-bond acceptors (Lipinski definition) is 7. The molecule has 1 aromatic carbocycles. The van der Waals surface area contributed by atoms with Crippen LogP contribution in [0.2, 0.25) is 0 Å². The molecule has 0 radical (unpaired) electrons. The minimum absolute atomic E-state index is 0.0158. The average molecular weight is 507 g/mol. The number of hydrogen-bond donors (Lipinski definition) is 3. The Morgan fingerprint density at radius 2 is 1.97 bits per heavy atom. The average Bonchev–Trinajstić information content (AvgIpc) is 3.22. The van der Waals surface area contributed by atoms with Gasteiger partial charge < -0.3 is 25.4 Å². The Morgan fingerprint density at radius 3 is 2.58 bits per heavy atom. The first-order valence-electron chi connectivity index (χ1n) is 11.6. The van der Waals surface area contributed by atoms with Crippen molar-refractivity contribution in [1.82, 2.24) is 19.4 Å². The van der Waals surface area contributed by atoms with Crippen LogP contribution in [0.15, 0.2) is 42.9 Å². The minimum atomic E-state index is -4.39. The lowest BCUT2D eigenvalue weighted by molar-refractivity contribution is -0.137. The molecular formula is C24H29F3N6O3. The molecule has 12 heteroatoms. The highest BCUT2D eigenvalue weighted by Gasteiger charge is 2.41. The Kier molecular flexibility index (Phi) is 7.21. The minimum Gasteiger partial charge on any atom is -0.389 e. The quantitative estimate of drug-likeness (QED) is 0.426. The topological polar surface area (TPSA) is 121 Å². The van der Waals surface area contributed by atoms with E-state index in [1.165, 1.54) is 18.5 Å². The van der Waals surface area contributed by atoms with E-state index < -0.39 is 29.4 Å². The van der Waals surface area contributed by atoms with Crippen molar-refractivity contribution in [3.63, 3.8) is 0 Å². The number of aliphatic hydroxyl groups excluding tert-OH is 1. The summed E-state index contributed by atoms with van der Waals surface area (Å²) in [4.78, 5) is 23.6. The number of aliphatic hydroxyl groups is 2. The Labute approximate surface area is 206 Å². The number of fused-ring (bicyclic) bond motifs is 1. The molecule has 1 saturated heterocycles. The predicted molar refractivity (Wildman–Crippen MR) is 127 cm³/mol. The van der Waals surface area contributed by atoms with Gasteiger partial charge in [0.15, 0.2) is 0 Å². The Morgan fingerprint density at radius 1 is 1.25 bits per heavy atom. The van der Waals surface area contributed by atoms with Crippen LogP contribution in [-0.2, 0) is 24.1 Å². The fourth-order valence-corrected chi connectivity index (χ4v) is 4.59. The van der Waals surface area contributed by atoms with Gasteiger partial charge in [-0.05, 0) is 37.1 Å². The molecule has 2 atom stereocenters. The highest BCUT2D eigenvalue weighted by Crippen LogP contribution is 2.31. The summed E-state index contributed by atoms with van der Waals surface area (Å²) < 4.78 is 40.4. The standard InChI is InChI=1S/C24H29F3N6O3/c1-2-32(11-16-3-5-17(6-4-16)24(25,26)27)21-18-7-9-33(22(18)30-15-29-21)14-23(36)8-10-31(12-19(23)34)13-20(28)35/h3-7,9,15,19,34,36H,2,8,10-14H2,1H3,(H2,28,35)/t19-,23-/m0/s1. The molecule has 4 rings (SSSR count). The van der Waals surface area contributed by atoms with E-state index in [0.717, 1.165) is 17.5 Å². The van der Waals surface area contributed by atoms with Crippen LogP contribution in [0, 0.1) is 0 Å². The van der Waals surface area contributed by atoms with Crippen molar-refractivity contribution in [2.24, 2.45) is 5.73 Å². The van der Waals surface area contributed by atoms with E-state index in [0.29, 0.717) is 36.7 Å². The van der Waals surface area contributed by atoms with Crippen molar-refractivity contribution < 1.29 is 28.2 Å². The van der Waals surface area contributed by atoms with Gasteiger partial charge in [-0.3, -0.25) is 9.69 Å². The summed E-state index contributed by atoms with van der Waals surface area (Å²) in [7, 11) is 0. The number of nitrogens with two attached hydrogens (primary N) is 1. The highest BCUT2D eigenvalue weighted by atomic mass is 19.4. The third-order valence-corrected chi connectivity index (χ3v) is 6.61. The van der Waals surface area contributed by atoms with Crippen LogP contribution in [0.25, 0.3) is 11.0 Å². The maximum absolute atomic E-state index is 12.9. The van der Waals surface area contributed by atoms with Gasteiger partial charge in [-0.2, -0.15) is 13.2 Å². The molecule has 1 fully saturated rings. The van der Waals surface area contributed by atoms with Gasteiger partial charge in [-0.15, -0.1) is 0 Å². The zero-order chi connectivity index (χ0) is 26.1. The lowest BCUT2D eigenvalue weighted by atomic mass is 9.88. The predicted octanol–water partition coefficient (Wildman–Crippen LogP) is 1.76. The number of benzene rings is 1. The molecule has 4 N–H and O–H groups in total. The number of alkyl halides is 3. The molecule has 36 heavy (non-hydrogen) atoms. The third kappa shape index (κ3) is 5.45. The number of carbonyl (C=O) groups is 1. The number of aromatic nitrogens is 3. The molecule has 1 aliphatic heterocycles. The Hall–Kier alpha value is -3.22. The van der Waals surface area contributed by atoms with Gasteiger partial charge in [0, 0.05) is 32.4 Å². The summed E-state index contributed by atoms with van der Waals surface area (Å²) in [5, 5.41) is 22.5. The van der Waals surface area contributed by atoms with Gasteiger partial charge >= 0.3 is 6.18 Å². The van der Waals surface area contributed by atoms with Gasteiger partial charge in [-0.25, -0.2) is 9.97 Å². The molecule has 0 saturated carbocycles. The van der Waals surface area contributed by atoms with Gasteiger partial charge in [0.2, 0.25) is 5.91 Å². The number of likely N-dealkylation sites (tertiary alicyclic amines) is 1. The van der Waals surface area contributed by atoms with E-state index in [1.807, 2.05) is 17.9 Å². The zero-order valence-corrected chi connectivity index (χ0v) is 19.8. The number of β-amino-alcohol motifs (C(OH)–C–C–N with tert-alkyl or cyclic N) is 1. The van der Waals surface area contributed by atoms with Crippen molar-refractivity contribution in [2.45, 2.75) is 44.3 Å². The van der Waals surface area contributed by atoms with E-state index in [-0.39, 0.29) is 26.1 Å². The number of nitrogens with zero attached hydrogens (tertiary/aromatic N) is 5. The Balaban J connectivity index is 1.54. The van der Waals surface area contributed by atoms with Crippen LogP contribution in [0.4, 0.5) is 19.0 Å². The molecule has 0 unspecified atom stereocenters. The van der Waals surface area contributed by atoms with E-state index in [4.69, 9.17) is 5.73 Å². The molecule has 1 aliphatic rings. The van der Waals surface area contributed by atoms with Crippen molar-refractivity contribution >= 4 is 22.8 Å². The summed E-state index contributed by atoms with van der Waals surface area (Å²) in [6.07, 6.45) is -2.07. The number of primary amides is 1. The Bertz CT molecular complexity index is 1220. The molecule has 3 heterocycles. The van der Waals surface area contributed by atoms with Crippen molar-refractivity contribution in [2.75, 3.05) is 31.1 Å². The fourth-order valence-electron chi connectivity index (χ4n) is 4.59. The van der Waals surface area contributed by atoms with Crippen LogP contribution < -0.4 is 10.6 Å². The SMILES string of the molecule is CCN(Cc1ccc(C(F)(F)F)cc1)c1ncnc2c1ccn2C[C@@]1(O)CCN(CC(N)=O)C[C@@H]1O. The first kappa shape index (κ1) is 25.9. The number of rotatable bonds is 8. The van der Waals surface area contributed by atoms with Crippen molar-refractivity contribution in [3.05, 3.63) is 54.0 Å². The second-order valence-electron chi connectivity index (χ2n) is 9.16. The van der Waals surface area contributed by atoms with Gasteiger partial charge in [0.05, 0.1) is 30.1 Å². The number of piperidine rings is 1. The second kappa shape index (κ2) is 10.0. The third-order valence-electron chi connectivity index (χ3n) is 6.61. The van der Waals surface area contributed by atoms with Gasteiger partial charge in [-0.1, -0.05) is 12.1 Å². The lowest BCUT2D eigenvalue weighted by Gasteiger charge is -2.42. The van der Waals surface area contributed by atoms with E-state index >= 15 is 0 Å². The van der Waals surface area contributed by atoms with Gasteiger partial charge in [0.25, 0.3) is 0 Å². The largest absolute Gasteiger partial charge is 0.416 e. The molecular weight excluding hydrogens is 477 g/mol. The molecule has 0 aliphatic carbocycles. The maximum atomic E-state index is 12.9. The van der Waals surface area contributed by atoms with Crippen LogP contribution in [0.1, 0.15) is 24.5 Å². The summed E-state index contributed by atoms with van der Waals surface area (Å²) in [6.45, 7) is 3.46. The molecule has 3 aromatic rings. The van der Waals surface area contributed by atoms with Crippen molar-refractivity contribution in [3.8, 4) is 0 Å². The summed E-state index contributed by atoms with van der Waals surface area (Å²) in [5.41, 5.74) is 4.39. The normalized spacial score (nSPS) is 21.1. The molecule has 1 amide bonds. The van der Waals surface area contributed by atoms with Crippen LogP contribution in [0.3, 0.4) is 0 Å². The molecule has 194 valence electrons. The van der Waals surface area contributed by atoms with E-state index in [1.54, 1.807) is 15.7 Å². The number of anilines is 1. The van der Waals surface area contributed by atoms with Crippen LogP contribution >= 0.6 is 0 Å². The number of carbonyl (C=O) groups excluding carboxylic acids is 1. The molecule has 0 bridgehead atoms. The zero-order valence-electron chi connectivity index (χ0n) is 19.8. The smallest absolute Gasteiger partial charge is 0.389 e. The second-order valence-corrected chi connectivity index (χ2v) is 9.16.